The maximum absolute atomic E-state index is 12.7. The highest BCUT2D eigenvalue weighted by atomic mass is 32.2. The highest BCUT2D eigenvalue weighted by Crippen LogP contribution is 2.34. The maximum Gasteiger partial charge on any atom is 0.255 e. The van der Waals surface area contributed by atoms with E-state index in [1.807, 2.05) is 6.92 Å². The third-order valence-electron chi connectivity index (χ3n) is 5.15. The van der Waals surface area contributed by atoms with Crippen molar-refractivity contribution in [2.24, 2.45) is 0 Å². The van der Waals surface area contributed by atoms with Gasteiger partial charge in [0.2, 0.25) is 10.0 Å². The molecular formula is C21H23N3O4S. The summed E-state index contributed by atoms with van der Waals surface area (Å²) in [5.74, 6) is -0.450. The Hall–Kier alpha value is -2.87. The minimum absolute atomic E-state index is 0.143. The average molecular weight is 413 g/mol. The van der Waals surface area contributed by atoms with E-state index in [9.17, 15) is 18.0 Å². The van der Waals surface area contributed by atoms with E-state index < -0.39 is 10.0 Å². The number of hydrogen-bond acceptors (Lipinski definition) is 4. The molecule has 2 aromatic rings. The fraction of sp³-hybridized carbons (Fsp3) is 0.333. The Labute approximate surface area is 170 Å². The van der Waals surface area contributed by atoms with Crippen molar-refractivity contribution in [1.29, 1.82) is 0 Å². The highest BCUT2D eigenvalue weighted by Gasteiger charge is 2.32. The molecule has 1 heterocycles. The molecule has 1 atom stereocenters. The lowest BCUT2D eigenvalue weighted by Gasteiger charge is -2.21. The first-order valence-corrected chi connectivity index (χ1v) is 11.4. The van der Waals surface area contributed by atoms with Crippen molar-refractivity contribution in [3.8, 4) is 0 Å². The molecule has 0 spiro atoms. The molecule has 7 nitrogen and oxygen atoms in total. The van der Waals surface area contributed by atoms with E-state index in [4.69, 9.17) is 0 Å². The van der Waals surface area contributed by atoms with Crippen molar-refractivity contribution >= 4 is 33.2 Å². The van der Waals surface area contributed by atoms with Crippen molar-refractivity contribution in [3.05, 3.63) is 59.2 Å². The quantitative estimate of drug-likeness (QED) is 0.787. The molecule has 0 saturated heterocycles. The Morgan fingerprint density at radius 3 is 2.45 bits per heavy atom. The molecule has 1 aliphatic carbocycles. The maximum atomic E-state index is 12.7. The summed E-state index contributed by atoms with van der Waals surface area (Å²) in [4.78, 5) is 24.9. The van der Waals surface area contributed by atoms with Crippen LogP contribution >= 0.6 is 0 Å². The first kappa shape index (κ1) is 19.4. The smallest absolute Gasteiger partial charge is 0.255 e. The topological polar surface area (TPSA) is 95.6 Å². The number of anilines is 2. The third kappa shape index (κ3) is 4.12. The van der Waals surface area contributed by atoms with E-state index in [1.54, 1.807) is 42.5 Å². The van der Waals surface area contributed by atoms with Crippen LogP contribution in [0.2, 0.25) is 0 Å². The molecule has 8 heteroatoms. The van der Waals surface area contributed by atoms with Gasteiger partial charge in [0.1, 0.15) is 0 Å². The second-order valence-corrected chi connectivity index (χ2v) is 9.60. The Kier molecular flexibility index (Phi) is 4.82. The molecule has 1 aliphatic heterocycles. The number of fused-ring (bicyclic) bond motifs is 1. The number of nitrogens with one attached hydrogen (secondary N) is 2. The summed E-state index contributed by atoms with van der Waals surface area (Å²) < 4.78 is 25.5. The fourth-order valence-electron chi connectivity index (χ4n) is 3.69. The summed E-state index contributed by atoms with van der Waals surface area (Å²) in [5, 5.41) is 5.74. The van der Waals surface area contributed by atoms with Gasteiger partial charge in [-0.1, -0.05) is 6.07 Å². The molecule has 152 valence electrons. The number of nitrogens with zero attached hydrogens (tertiary/aromatic N) is 1. The SMILES string of the molecule is C[C@H]1Cc2cc(C(=O)Nc3cccc(C(=O)NC4CC4)c3)ccc2N1S(C)(=O)=O. The first-order chi connectivity index (χ1) is 13.7. The summed E-state index contributed by atoms with van der Waals surface area (Å²) in [7, 11) is -3.37. The summed E-state index contributed by atoms with van der Waals surface area (Å²) in [6.07, 6.45) is 3.76. The van der Waals surface area contributed by atoms with Gasteiger partial charge >= 0.3 is 0 Å². The van der Waals surface area contributed by atoms with Gasteiger partial charge < -0.3 is 10.6 Å². The predicted octanol–water partition coefficient (Wildman–Crippen LogP) is 2.54. The lowest BCUT2D eigenvalue weighted by Crippen LogP contribution is -2.34. The number of hydrogen-bond donors (Lipinski definition) is 2. The monoisotopic (exact) mass is 413 g/mol. The van der Waals surface area contributed by atoms with E-state index in [1.165, 1.54) is 10.6 Å². The van der Waals surface area contributed by atoms with E-state index in [2.05, 4.69) is 10.6 Å². The summed E-state index contributed by atoms with van der Waals surface area (Å²) in [5.41, 5.74) is 2.92. The Morgan fingerprint density at radius 2 is 1.76 bits per heavy atom. The van der Waals surface area contributed by atoms with Gasteiger partial charge in [-0.15, -0.1) is 0 Å². The Morgan fingerprint density at radius 1 is 1.03 bits per heavy atom. The van der Waals surface area contributed by atoms with Crippen molar-refractivity contribution < 1.29 is 18.0 Å². The van der Waals surface area contributed by atoms with Crippen molar-refractivity contribution in [2.45, 2.75) is 38.3 Å². The van der Waals surface area contributed by atoms with Crippen LogP contribution < -0.4 is 14.9 Å². The van der Waals surface area contributed by atoms with Gasteiger partial charge in [0.15, 0.2) is 0 Å². The highest BCUT2D eigenvalue weighted by molar-refractivity contribution is 7.92. The van der Waals surface area contributed by atoms with Gasteiger partial charge in [0.25, 0.3) is 11.8 Å². The number of sulfonamides is 1. The number of carbonyl (C=O) groups excluding carboxylic acids is 2. The molecule has 1 fully saturated rings. The number of carbonyl (C=O) groups is 2. The van der Waals surface area contributed by atoms with Gasteiger partial charge in [-0.25, -0.2) is 8.42 Å². The van der Waals surface area contributed by atoms with Gasteiger partial charge in [-0.2, -0.15) is 0 Å². The van der Waals surface area contributed by atoms with Gasteiger partial charge in [0, 0.05) is 28.9 Å². The van der Waals surface area contributed by atoms with Crippen molar-refractivity contribution in [1.82, 2.24) is 5.32 Å². The predicted molar refractivity (Wildman–Crippen MR) is 112 cm³/mol. The second kappa shape index (κ2) is 7.18. The summed E-state index contributed by atoms with van der Waals surface area (Å²) in [6.45, 7) is 1.85. The Bertz CT molecular complexity index is 1090. The van der Waals surface area contributed by atoms with Crippen LogP contribution in [0.3, 0.4) is 0 Å². The second-order valence-electron chi connectivity index (χ2n) is 7.74. The number of amides is 2. The van der Waals surface area contributed by atoms with Crippen LogP contribution in [0.4, 0.5) is 11.4 Å². The standard InChI is InChI=1S/C21H23N3O4S/c1-13-10-16-11-15(6-9-19(16)24(13)29(2,27)28)21(26)23-18-5-3-4-14(12-18)20(25)22-17-7-8-17/h3-6,9,11-13,17H,7-8,10H2,1-2H3,(H,22,25)(H,23,26)/t13-/m0/s1. The zero-order chi connectivity index (χ0) is 20.8. The van der Waals surface area contributed by atoms with Gasteiger partial charge in [-0.05, 0) is 68.1 Å². The summed E-state index contributed by atoms with van der Waals surface area (Å²) in [6, 6.07) is 11.9. The largest absolute Gasteiger partial charge is 0.349 e. The van der Waals surface area contributed by atoms with Crippen LogP contribution in [0.5, 0.6) is 0 Å². The molecule has 0 unspecified atom stereocenters. The van der Waals surface area contributed by atoms with Crippen molar-refractivity contribution in [3.63, 3.8) is 0 Å². The minimum Gasteiger partial charge on any atom is -0.349 e. The normalized spacial score (nSPS) is 18.3. The summed E-state index contributed by atoms with van der Waals surface area (Å²) >= 11 is 0. The average Bonchev–Trinajstić information content (AvgIpc) is 3.39. The van der Waals surface area contributed by atoms with Crippen LogP contribution in [0, 0.1) is 0 Å². The molecular weight excluding hydrogens is 390 g/mol. The number of rotatable bonds is 5. The molecule has 0 radical (unpaired) electrons. The zero-order valence-corrected chi connectivity index (χ0v) is 17.1. The zero-order valence-electron chi connectivity index (χ0n) is 16.3. The fourth-order valence-corrected chi connectivity index (χ4v) is 4.95. The lowest BCUT2D eigenvalue weighted by molar-refractivity contribution is 0.0949. The van der Waals surface area contributed by atoms with E-state index in [-0.39, 0.29) is 23.9 Å². The van der Waals surface area contributed by atoms with Crippen LogP contribution in [0.25, 0.3) is 0 Å². The van der Waals surface area contributed by atoms with Crippen LogP contribution in [0.1, 0.15) is 46.0 Å². The van der Waals surface area contributed by atoms with Gasteiger partial charge in [-0.3, -0.25) is 13.9 Å². The van der Waals surface area contributed by atoms with Crippen LogP contribution in [-0.2, 0) is 16.4 Å². The molecule has 0 aromatic heterocycles. The first-order valence-electron chi connectivity index (χ1n) is 9.57. The van der Waals surface area contributed by atoms with Crippen LogP contribution in [0.15, 0.2) is 42.5 Å². The molecule has 29 heavy (non-hydrogen) atoms. The van der Waals surface area contributed by atoms with Gasteiger partial charge in [0.05, 0.1) is 11.9 Å². The molecule has 1 saturated carbocycles. The third-order valence-corrected chi connectivity index (χ3v) is 6.42. The Balaban J connectivity index is 1.51. The number of benzene rings is 2. The molecule has 2 aromatic carbocycles. The lowest BCUT2D eigenvalue weighted by atomic mass is 10.1. The molecule has 2 N–H and O–H groups in total. The van der Waals surface area contributed by atoms with E-state index in [0.29, 0.717) is 28.9 Å². The molecule has 2 amide bonds. The molecule has 2 aliphatic rings. The minimum atomic E-state index is -3.37. The van der Waals surface area contributed by atoms with E-state index in [0.717, 1.165) is 18.4 Å². The van der Waals surface area contributed by atoms with Crippen LogP contribution in [-0.4, -0.2) is 38.6 Å². The molecule has 0 bridgehead atoms. The van der Waals surface area contributed by atoms with Crippen molar-refractivity contribution in [2.75, 3.05) is 15.9 Å². The van der Waals surface area contributed by atoms with E-state index >= 15 is 0 Å². The molecule has 4 rings (SSSR count).